The molecule has 6 heteroatoms. The molecule has 0 atom stereocenters. The highest BCUT2D eigenvalue weighted by atomic mass is 16.5. The van der Waals surface area contributed by atoms with Crippen LogP contribution in [-0.2, 0) is 0 Å². The van der Waals surface area contributed by atoms with E-state index in [0.717, 1.165) is 88.7 Å². The highest BCUT2D eigenvalue weighted by Gasteiger charge is 2.24. The summed E-state index contributed by atoms with van der Waals surface area (Å²) in [6.07, 6.45) is 3.93. The minimum Gasteiger partial charge on any atom is -0.457 e. The van der Waals surface area contributed by atoms with E-state index in [2.05, 4.69) is 160 Å². The first-order chi connectivity index (χ1) is 28.7. The van der Waals surface area contributed by atoms with Crippen molar-refractivity contribution in [2.75, 3.05) is 0 Å². The van der Waals surface area contributed by atoms with Gasteiger partial charge in [-0.2, -0.15) is 0 Å². The van der Waals surface area contributed by atoms with Crippen LogP contribution in [0.2, 0.25) is 0 Å². The van der Waals surface area contributed by atoms with Crippen LogP contribution >= 0.6 is 0 Å². The minimum absolute atomic E-state index is 0.345. The van der Waals surface area contributed by atoms with Gasteiger partial charge >= 0.3 is 0 Å². The fourth-order valence-corrected chi connectivity index (χ4v) is 9.33. The van der Waals surface area contributed by atoms with E-state index in [1.54, 1.807) is 0 Å². The third kappa shape index (κ3) is 5.39. The summed E-state index contributed by atoms with van der Waals surface area (Å²) in [5, 5.41) is 7.76. The molecule has 0 N–H and O–H groups in total. The van der Waals surface area contributed by atoms with Crippen molar-refractivity contribution in [3.05, 3.63) is 156 Å². The zero-order valence-electron chi connectivity index (χ0n) is 34.1. The monoisotopic (exact) mass is 768 g/mol. The van der Waals surface area contributed by atoms with Crippen LogP contribution in [0.15, 0.2) is 144 Å². The molecule has 59 heavy (non-hydrogen) atoms. The highest BCUT2D eigenvalue weighted by molar-refractivity contribution is 6.24. The number of furan rings is 1. The zero-order chi connectivity index (χ0) is 40.1. The van der Waals surface area contributed by atoms with Gasteiger partial charge < -0.3 is 9.15 Å². The lowest BCUT2D eigenvalue weighted by Crippen LogP contribution is -2.05. The molecule has 0 fully saturated rings. The van der Waals surface area contributed by atoms with Crippen molar-refractivity contribution in [2.24, 2.45) is 0 Å². The molecule has 0 amide bonds. The predicted molar refractivity (Wildman–Crippen MR) is 244 cm³/mol. The normalized spacial score (nSPS) is 12.4. The molecule has 6 nitrogen and oxygen atoms in total. The second-order valence-electron chi connectivity index (χ2n) is 16.8. The summed E-state index contributed by atoms with van der Waals surface area (Å²) < 4.78 is 17.8. The molecule has 0 aliphatic carbocycles. The average molecular weight is 769 g/mol. The van der Waals surface area contributed by atoms with Crippen molar-refractivity contribution >= 4 is 71.1 Å². The summed E-state index contributed by atoms with van der Waals surface area (Å²) in [6, 6.07) is 44.8. The van der Waals surface area contributed by atoms with Gasteiger partial charge in [-0.1, -0.05) is 96.1 Å². The molecule has 5 heterocycles. The number of para-hydroxylation sites is 2. The smallest absolute Gasteiger partial charge is 0.145 e. The van der Waals surface area contributed by atoms with Crippen molar-refractivity contribution < 1.29 is 9.15 Å². The van der Waals surface area contributed by atoms with E-state index in [-0.39, 0.29) is 0 Å². The Hall–Kier alpha value is -6.92. The number of aromatic nitrogens is 4. The fourth-order valence-electron chi connectivity index (χ4n) is 9.33. The summed E-state index contributed by atoms with van der Waals surface area (Å²) in [5.41, 5.74) is 12.4. The molecule has 0 unspecified atom stereocenters. The lowest BCUT2D eigenvalue weighted by atomic mass is 9.83. The van der Waals surface area contributed by atoms with Crippen molar-refractivity contribution in [1.29, 1.82) is 0 Å². The Labute approximate surface area is 342 Å². The number of fused-ring (bicyclic) bond motifs is 13. The number of hydrogen-bond acceptors (Lipinski definition) is 4. The maximum Gasteiger partial charge on any atom is 0.145 e. The molecule has 0 aliphatic rings. The van der Waals surface area contributed by atoms with Gasteiger partial charge in [0.05, 0.1) is 33.8 Å². The first kappa shape index (κ1) is 35.3. The zero-order valence-corrected chi connectivity index (χ0v) is 34.1. The molecular formula is C53H44N4O2. The molecule has 288 valence electrons. The summed E-state index contributed by atoms with van der Waals surface area (Å²) >= 11 is 0. The molecular weight excluding hydrogens is 725 g/mol. The lowest BCUT2D eigenvalue weighted by molar-refractivity contribution is 0.484. The van der Waals surface area contributed by atoms with Crippen LogP contribution in [-0.4, -0.2) is 18.9 Å². The van der Waals surface area contributed by atoms with Gasteiger partial charge in [-0.3, -0.25) is 8.97 Å². The van der Waals surface area contributed by atoms with Crippen LogP contribution in [0, 0.1) is 0 Å². The van der Waals surface area contributed by atoms with Crippen LogP contribution in [0.5, 0.6) is 11.5 Å². The van der Waals surface area contributed by atoms with Gasteiger partial charge in [0.25, 0.3) is 0 Å². The SMILES string of the molecule is CC(C)c1cc(C(C)C)c(-c2cnc3c4cc(Oc5ccc6c7ccc8oc9ccccc9c8c7n(-c7ccccn7)c6c5)ccc4c4ccccc4n23)c(C(C)C)c1. The summed E-state index contributed by atoms with van der Waals surface area (Å²) in [6.45, 7) is 13.8. The molecule has 6 aromatic carbocycles. The van der Waals surface area contributed by atoms with Crippen LogP contribution < -0.4 is 4.74 Å². The predicted octanol–water partition coefficient (Wildman–Crippen LogP) is 14.9. The Morgan fingerprint density at radius 2 is 1.22 bits per heavy atom. The molecule has 0 spiro atoms. The fraction of sp³-hybridized carbons (Fsp3) is 0.170. The van der Waals surface area contributed by atoms with Gasteiger partial charge in [0.1, 0.15) is 34.1 Å². The second kappa shape index (κ2) is 13.3. The third-order valence-corrected chi connectivity index (χ3v) is 12.2. The molecule has 0 saturated carbocycles. The number of hydrogen-bond donors (Lipinski definition) is 0. The topological polar surface area (TPSA) is 57.5 Å². The third-order valence-electron chi connectivity index (χ3n) is 12.2. The van der Waals surface area contributed by atoms with Crippen LogP contribution in [0.3, 0.4) is 0 Å². The Kier molecular flexibility index (Phi) is 7.96. The minimum atomic E-state index is 0.345. The van der Waals surface area contributed by atoms with Gasteiger partial charge in [-0.15, -0.1) is 0 Å². The first-order valence-corrected chi connectivity index (χ1v) is 20.7. The van der Waals surface area contributed by atoms with Gasteiger partial charge in [0, 0.05) is 44.8 Å². The van der Waals surface area contributed by atoms with E-state index in [1.807, 2.05) is 30.5 Å². The summed E-state index contributed by atoms with van der Waals surface area (Å²) in [5.74, 6) is 3.44. The van der Waals surface area contributed by atoms with E-state index in [0.29, 0.717) is 17.8 Å². The average Bonchev–Trinajstić information content (AvgIpc) is 3.95. The summed E-state index contributed by atoms with van der Waals surface area (Å²) in [7, 11) is 0. The highest BCUT2D eigenvalue weighted by Crippen LogP contribution is 2.44. The van der Waals surface area contributed by atoms with E-state index in [1.165, 1.54) is 27.6 Å². The maximum atomic E-state index is 6.82. The standard InChI is InChI=1S/C53H44N4O2/c1-30(2)33-25-41(31(3)4)50(42(26-33)32(5)6)46-29-55-53-43-27-34(18-20-36(43)37-13-7-9-15-44(37)56(46)53)58-35-19-21-38-39-22-23-48-51(40-14-8-10-16-47(40)59-48)52(39)57(45(38)28-35)49-17-11-12-24-54-49/h7-32H,1-6H3. The molecule has 0 aliphatic heterocycles. The van der Waals surface area contributed by atoms with Crippen molar-refractivity contribution in [1.82, 2.24) is 18.9 Å². The molecule has 5 aromatic heterocycles. The number of nitrogens with zero attached hydrogens (tertiary/aromatic N) is 4. The van der Waals surface area contributed by atoms with Crippen LogP contribution in [0.1, 0.15) is 76.0 Å². The molecule has 0 radical (unpaired) electrons. The molecule has 11 aromatic rings. The Balaban J connectivity index is 1.11. The number of pyridine rings is 2. The van der Waals surface area contributed by atoms with Crippen LogP contribution in [0.25, 0.3) is 88.1 Å². The maximum absolute atomic E-state index is 6.82. The number of ether oxygens (including phenoxy) is 1. The van der Waals surface area contributed by atoms with E-state index in [9.17, 15) is 0 Å². The van der Waals surface area contributed by atoms with Gasteiger partial charge in [0.2, 0.25) is 0 Å². The van der Waals surface area contributed by atoms with Crippen molar-refractivity contribution in [3.8, 4) is 28.6 Å². The van der Waals surface area contributed by atoms with Crippen molar-refractivity contribution in [2.45, 2.75) is 59.3 Å². The van der Waals surface area contributed by atoms with Crippen molar-refractivity contribution in [3.63, 3.8) is 0 Å². The van der Waals surface area contributed by atoms with Gasteiger partial charge in [-0.25, -0.2) is 9.97 Å². The lowest BCUT2D eigenvalue weighted by Gasteiger charge is -2.23. The Morgan fingerprint density at radius 3 is 1.97 bits per heavy atom. The van der Waals surface area contributed by atoms with E-state index < -0.39 is 0 Å². The van der Waals surface area contributed by atoms with E-state index >= 15 is 0 Å². The van der Waals surface area contributed by atoms with Crippen LogP contribution in [0.4, 0.5) is 0 Å². The number of rotatable bonds is 7. The molecule has 0 bridgehead atoms. The first-order valence-electron chi connectivity index (χ1n) is 20.7. The Bertz CT molecular complexity index is 3430. The Morgan fingerprint density at radius 1 is 0.542 bits per heavy atom. The summed E-state index contributed by atoms with van der Waals surface area (Å²) in [4.78, 5) is 10.1. The molecule has 0 saturated heterocycles. The second-order valence-corrected chi connectivity index (χ2v) is 16.8. The van der Waals surface area contributed by atoms with E-state index in [4.69, 9.17) is 19.1 Å². The van der Waals surface area contributed by atoms with Gasteiger partial charge in [0.15, 0.2) is 0 Å². The number of imidazole rings is 1. The largest absolute Gasteiger partial charge is 0.457 e. The van der Waals surface area contributed by atoms with Gasteiger partial charge in [-0.05, 0) is 107 Å². The quantitative estimate of drug-likeness (QED) is 0.152. The molecule has 11 rings (SSSR count). The number of benzene rings is 6.